The first kappa shape index (κ1) is 17.5. The van der Waals surface area contributed by atoms with Crippen LogP contribution in [0.3, 0.4) is 0 Å². The van der Waals surface area contributed by atoms with Gasteiger partial charge < -0.3 is 10.1 Å². The number of nitrogens with zero attached hydrogens (tertiary/aromatic N) is 4. The summed E-state index contributed by atoms with van der Waals surface area (Å²) >= 11 is 0. The molecule has 7 nitrogen and oxygen atoms in total. The average molecular weight is 347 g/mol. The number of amides is 1. The topological polar surface area (TPSA) is 72.3 Å². The molecule has 1 amide bonds. The Balaban J connectivity index is 1.62. The number of carbonyl (C=O) groups is 1. The zero-order valence-corrected chi connectivity index (χ0v) is 14.4. The largest absolute Gasteiger partial charge is 0.379 e. The Hall–Kier alpha value is -2.32. The quantitative estimate of drug-likeness (QED) is 0.879. The van der Waals surface area contributed by atoms with E-state index in [-0.39, 0.29) is 23.6 Å². The van der Waals surface area contributed by atoms with Crippen molar-refractivity contribution in [2.75, 3.05) is 32.8 Å². The molecule has 0 saturated carbocycles. The van der Waals surface area contributed by atoms with Gasteiger partial charge in [-0.2, -0.15) is 0 Å². The number of rotatable bonds is 5. The molecule has 0 radical (unpaired) electrons. The summed E-state index contributed by atoms with van der Waals surface area (Å²) in [5, 5.41) is 7.11. The van der Waals surface area contributed by atoms with Crippen molar-refractivity contribution in [3.05, 3.63) is 41.7 Å². The molecule has 8 heteroatoms. The molecule has 1 saturated heterocycles. The molecule has 25 heavy (non-hydrogen) atoms. The Morgan fingerprint density at radius 3 is 2.68 bits per heavy atom. The highest BCUT2D eigenvalue weighted by Gasteiger charge is 2.20. The monoisotopic (exact) mass is 347 g/mol. The second-order valence-corrected chi connectivity index (χ2v) is 6.08. The number of aryl methyl sites for hydroxylation is 1. The van der Waals surface area contributed by atoms with E-state index in [2.05, 4.69) is 27.2 Å². The number of nitrogens with one attached hydrogen (secondary N) is 1. The van der Waals surface area contributed by atoms with Crippen LogP contribution in [0.25, 0.3) is 5.69 Å². The van der Waals surface area contributed by atoms with Crippen molar-refractivity contribution in [1.29, 1.82) is 0 Å². The van der Waals surface area contributed by atoms with Gasteiger partial charge in [0.25, 0.3) is 5.91 Å². The van der Waals surface area contributed by atoms with Gasteiger partial charge in [-0.15, -0.1) is 5.10 Å². The molecule has 2 heterocycles. The SMILES string of the molecule is Cc1nc(C(=O)NC[C@H](C)N2CCOCC2)nn1-c1ccc(F)cc1. The van der Waals surface area contributed by atoms with Gasteiger partial charge in [0.1, 0.15) is 11.6 Å². The van der Waals surface area contributed by atoms with Crippen molar-refractivity contribution in [1.82, 2.24) is 25.0 Å². The Labute approximate surface area is 145 Å². The number of morpholine rings is 1. The molecule has 1 aromatic carbocycles. The van der Waals surface area contributed by atoms with E-state index in [1.54, 1.807) is 19.1 Å². The van der Waals surface area contributed by atoms with Gasteiger partial charge in [-0.3, -0.25) is 9.69 Å². The van der Waals surface area contributed by atoms with E-state index in [9.17, 15) is 9.18 Å². The van der Waals surface area contributed by atoms with Crippen LogP contribution in [0.15, 0.2) is 24.3 Å². The fraction of sp³-hybridized carbons (Fsp3) is 0.471. The van der Waals surface area contributed by atoms with Crippen LogP contribution in [-0.2, 0) is 4.74 Å². The van der Waals surface area contributed by atoms with E-state index in [1.807, 2.05) is 0 Å². The number of ether oxygens (including phenoxy) is 1. The summed E-state index contributed by atoms with van der Waals surface area (Å²) < 4.78 is 19.9. The number of hydrogen-bond donors (Lipinski definition) is 1. The van der Waals surface area contributed by atoms with Crippen LogP contribution in [0.2, 0.25) is 0 Å². The molecular weight excluding hydrogens is 325 g/mol. The highest BCUT2D eigenvalue weighted by atomic mass is 19.1. The molecule has 1 aromatic heterocycles. The van der Waals surface area contributed by atoms with Crippen LogP contribution in [0.1, 0.15) is 23.4 Å². The smallest absolute Gasteiger partial charge is 0.291 e. The summed E-state index contributed by atoms with van der Waals surface area (Å²) in [4.78, 5) is 18.8. The first-order chi connectivity index (χ1) is 12.0. The highest BCUT2D eigenvalue weighted by Crippen LogP contribution is 2.11. The predicted molar refractivity (Wildman–Crippen MR) is 90.2 cm³/mol. The van der Waals surface area contributed by atoms with Crippen molar-refractivity contribution < 1.29 is 13.9 Å². The molecule has 1 fully saturated rings. The van der Waals surface area contributed by atoms with E-state index < -0.39 is 0 Å². The third kappa shape index (κ3) is 4.21. The van der Waals surface area contributed by atoms with Crippen molar-refractivity contribution in [2.24, 2.45) is 0 Å². The number of carbonyl (C=O) groups excluding carboxylic acids is 1. The lowest BCUT2D eigenvalue weighted by atomic mass is 10.2. The summed E-state index contributed by atoms with van der Waals surface area (Å²) in [7, 11) is 0. The lowest BCUT2D eigenvalue weighted by Crippen LogP contribution is -2.47. The maximum Gasteiger partial charge on any atom is 0.291 e. The molecule has 3 rings (SSSR count). The van der Waals surface area contributed by atoms with E-state index in [4.69, 9.17) is 4.74 Å². The average Bonchev–Trinajstić information content (AvgIpc) is 3.02. The Morgan fingerprint density at radius 2 is 2.00 bits per heavy atom. The molecule has 0 spiro atoms. The second-order valence-electron chi connectivity index (χ2n) is 6.08. The highest BCUT2D eigenvalue weighted by molar-refractivity contribution is 5.90. The minimum atomic E-state index is -0.323. The van der Waals surface area contributed by atoms with Gasteiger partial charge >= 0.3 is 0 Å². The number of hydrogen-bond acceptors (Lipinski definition) is 5. The molecule has 1 aliphatic heterocycles. The van der Waals surface area contributed by atoms with Crippen LogP contribution >= 0.6 is 0 Å². The third-order valence-electron chi connectivity index (χ3n) is 4.27. The van der Waals surface area contributed by atoms with Gasteiger partial charge in [0.2, 0.25) is 5.82 Å². The Kier molecular flexibility index (Phi) is 5.40. The number of benzene rings is 1. The minimum Gasteiger partial charge on any atom is -0.379 e. The van der Waals surface area contributed by atoms with Gasteiger partial charge in [0.15, 0.2) is 0 Å². The fourth-order valence-electron chi connectivity index (χ4n) is 2.78. The van der Waals surface area contributed by atoms with E-state index >= 15 is 0 Å². The van der Waals surface area contributed by atoms with Gasteiger partial charge in [-0.05, 0) is 38.1 Å². The maximum atomic E-state index is 13.0. The van der Waals surface area contributed by atoms with Crippen LogP contribution < -0.4 is 5.32 Å². The fourth-order valence-corrected chi connectivity index (χ4v) is 2.78. The summed E-state index contributed by atoms with van der Waals surface area (Å²) in [6.45, 7) is 7.53. The molecule has 1 atom stereocenters. The van der Waals surface area contributed by atoms with Gasteiger partial charge in [0.05, 0.1) is 18.9 Å². The van der Waals surface area contributed by atoms with E-state index in [0.29, 0.717) is 18.1 Å². The van der Waals surface area contributed by atoms with Crippen molar-refractivity contribution in [3.63, 3.8) is 0 Å². The van der Waals surface area contributed by atoms with Crippen LogP contribution in [0.5, 0.6) is 0 Å². The zero-order valence-electron chi connectivity index (χ0n) is 14.4. The lowest BCUT2D eigenvalue weighted by molar-refractivity contribution is 0.0204. The van der Waals surface area contributed by atoms with Crippen molar-refractivity contribution in [2.45, 2.75) is 19.9 Å². The second kappa shape index (κ2) is 7.71. The molecule has 2 aromatic rings. The van der Waals surface area contributed by atoms with Gasteiger partial charge in [-0.25, -0.2) is 14.1 Å². The molecule has 0 bridgehead atoms. The minimum absolute atomic E-state index is 0.107. The summed E-state index contributed by atoms with van der Waals surface area (Å²) in [6, 6.07) is 6.10. The molecular formula is C17H22FN5O2. The van der Waals surface area contributed by atoms with Crippen LogP contribution in [0.4, 0.5) is 4.39 Å². The lowest BCUT2D eigenvalue weighted by Gasteiger charge is -2.32. The van der Waals surface area contributed by atoms with Gasteiger partial charge in [-0.1, -0.05) is 0 Å². The summed E-state index contributed by atoms with van der Waals surface area (Å²) in [5.74, 6) is 0.0367. The van der Waals surface area contributed by atoms with Crippen LogP contribution in [-0.4, -0.2) is 64.5 Å². The summed E-state index contributed by atoms with van der Waals surface area (Å²) in [6.07, 6.45) is 0. The molecule has 0 unspecified atom stereocenters. The van der Waals surface area contributed by atoms with E-state index in [0.717, 1.165) is 26.3 Å². The molecule has 1 N–H and O–H groups in total. The maximum absolute atomic E-state index is 13.0. The third-order valence-corrected chi connectivity index (χ3v) is 4.27. The molecule has 134 valence electrons. The molecule has 1 aliphatic rings. The molecule has 0 aliphatic carbocycles. The Bertz CT molecular complexity index is 725. The standard InChI is InChI=1S/C17H22FN5O2/c1-12(22-7-9-25-10-8-22)11-19-17(24)16-20-13(2)23(21-16)15-5-3-14(18)4-6-15/h3-6,12H,7-11H2,1-2H3,(H,19,24)/t12-/m0/s1. The normalized spacial score (nSPS) is 16.6. The van der Waals surface area contributed by atoms with Crippen molar-refractivity contribution >= 4 is 5.91 Å². The van der Waals surface area contributed by atoms with Crippen LogP contribution in [0, 0.1) is 12.7 Å². The van der Waals surface area contributed by atoms with E-state index in [1.165, 1.54) is 16.8 Å². The van der Waals surface area contributed by atoms with Crippen molar-refractivity contribution in [3.8, 4) is 5.69 Å². The van der Waals surface area contributed by atoms with Gasteiger partial charge in [0, 0.05) is 25.7 Å². The Morgan fingerprint density at radius 1 is 1.32 bits per heavy atom. The number of halogens is 1. The number of aromatic nitrogens is 3. The first-order valence-corrected chi connectivity index (χ1v) is 8.34. The zero-order chi connectivity index (χ0) is 17.8. The summed E-state index contributed by atoms with van der Waals surface area (Å²) in [5.41, 5.74) is 0.659. The predicted octanol–water partition coefficient (Wildman–Crippen LogP) is 1.17. The first-order valence-electron chi connectivity index (χ1n) is 8.34.